The van der Waals surface area contributed by atoms with Crippen LogP contribution in [-0.4, -0.2) is 36.1 Å². The molecule has 1 fully saturated rings. The van der Waals surface area contributed by atoms with Gasteiger partial charge in [0, 0.05) is 18.1 Å². The Kier molecular flexibility index (Phi) is 6.50. The molecule has 0 bridgehead atoms. The molecule has 0 aromatic heterocycles. The van der Waals surface area contributed by atoms with Gasteiger partial charge >= 0.3 is 0 Å². The van der Waals surface area contributed by atoms with Crippen molar-refractivity contribution in [1.82, 2.24) is 10.2 Å². The number of rotatable bonds is 6. The van der Waals surface area contributed by atoms with Gasteiger partial charge in [-0.15, -0.1) is 0 Å². The minimum Gasteiger partial charge on any atom is -0.312 e. The summed E-state index contributed by atoms with van der Waals surface area (Å²) in [7, 11) is 0. The highest BCUT2D eigenvalue weighted by atomic mass is 15.2. The molecule has 2 nitrogen and oxygen atoms in total. The standard InChI is InChI=1S/C15H32N2/c1-6-9-16-15(7-2)14(5)17-10-8-12(3)11-13(17)4/h12-16H,6-11H2,1-5H3. The van der Waals surface area contributed by atoms with Gasteiger partial charge in [0.15, 0.2) is 0 Å². The number of hydrogen-bond acceptors (Lipinski definition) is 2. The van der Waals surface area contributed by atoms with Gasteiger partial charge < -0.3 is 5.32 Å². The average Bonchev–Trinajstić information content (AvgIpc) is 2.29. The molecule has 1 N–H and O–H groups in total. The lowest BCUT2D eigenvalue weighted by molar-refractivity contribution is 0.0693. The van der Waals surface area contributed by atoms with Crippen molar-refractivity contribution in [3.63, 3.8) is 0 Å². The zero-order chi connectivity index (χ0) is 12.8. The summed E-state index contributed by atoms with van der Waals surface area (Å²) < 4.78 is 0. The second-order valence-corrected chi connectivity index (χ2v) is 5.93. The predicted molar refractivity (Wildman–Crippen MR) is 76.4 cm³/mol. The summed E-state index contributed by atoms with van der Waals surface area (Å²) >= 11 is 0. The molecule has 102 valence electrons. The molecule has 0 amide bonds. The van der Waals surface area contributed by atoms with E-state index in [2.05, 4.69) is 44.8 Å². The van der Waals surface area contributed by atoms with Gasteiger partial charge in [0.1, 0.15) is 0 Å². The van der Waals surface area contributed by atoms with E-state index in [0.717, 1.165) is 18.5 Å². The summed E-state index contributed by atoms with van der Waals surface area (Å²) in [6, 6.07) is 2.09. The Labute approximate surface area is 108 Å². The maximum Gasteiger partial charge on any atom is 0.0223 e. The lowest BCUT2D eigenvalue weighted by atomic mass is 9.90. The molecule has 0 spiro atoms. The molecule has 1 heterocycles. The first-order valence-corrected chi connectivity index (χ1v) is 7.59. The highest BCUT2D eigenvalue weighted by molar-refractivity contribution is 4.86. The van der Waals surface area contributed by atoms with Gasteiger partial charge in [0.05, 0.1) is 0 Å². The molecule has 0 aliphatic carbocycles. The summed E-state index contributed by atoms with van der Waals surface area (Å²) in [6.45, 7) is 14.2. The SMILES string of the molecule is CCCNC(CC)C(C)N1CCC(C)CC1C. The molecule has 1 aliphatic heterocycles. The Morgan fingerprint density at radius 2 is 2.00 bits per heavy atom. The Morgan fingerprint density at radius 1 is 1.29 bits per heavy atom. The van der Waals surface area contributed by atoms with Crippen molar-refractivity contribution in [3.05, 3.63) is 0 Å². The minimum absolute atomic E-state index is 0.658. The lowest BCUT2D eigenvalue weighted by Gasteiger charge is -2.43. The van der Waals surface area contributed by atoms with Crippen LogP contribution in [0.2, 0.25) is 0 Å². The molecule has 0 aromatic rings. The summed E-state index contributed by atoms with van der Waals surface area (Å²) in [4.78, 5) is 2.72. The fourth-order valence-electron chi connectivity index (χ4n) is 3.25. The van der Waals surface area contributed by atoms with Gasteiger partial charge in [0.2, 0.25) is 0 Å². The van der Waals surface area contributed by atoms with Crippen molar-refractivity contribution >= 4 is 0 Å². The molecule has 0 aromatic carbocycles. The third-order valence-electron chi connectivity index (χ3n) is 4.39. The van der Waals surface area contributed by atoms with Crippen molar-refractivity contribution in [2.75, 3.05) is 13.1 Å². The highest BCUT2D eigenvalue weighted by Crippen LogP contribution is 2.25. The molecule has 0 saturated carbocycles. The number of likely N-dealkylation sites (tertiary alicyclic amines) is 1. The van der Waals surface area contributed by atoms with Gasteiger partial charge in [-0.2, -0.15) is 0 Å². The van der Waals surface area contributed by atoms with Crippen LogP contribution in [0.15, 0.2) is 0 Å². The monoisotopic (exact) mass is 240 g/mol. The molecular weight excluding hydrogens is 208 g/mol. The van der Waals surface area contributed by atoms with Crippen molar-refractivity contribution in [3.8, 4) is 0 Å². The van der Waals surface area contributed by atoms with Crippen molar-refractivity contribution in [2.24, 2.45) is 5.92 Å². The van der Waals surface area contributed by atoms with Gasteiger partial charge in [-0.25, -0.2) is 0 Å². The highest BCUT2D eigenvalue weighted by Gasteiger charge is 2.29. The molecule has 1 aliphatic rings. The van der Waals surface area contributed by atoms with Crippen LogP contribution < -0.4 is 5.32 Å². The molecule has 0 radical (unpaired) electrons. The van der Waals surface area contributed by atoms with E-state index in [4.69, 9.17) is 0 Å². The number of nitrogens with zero attached hydrogens (tertiary/aromatic N) is 1. The first-order chi connectivity index (χ1) is 8.10. The van der Waals surface area contributed by atoms with Crippen LogP contribution in [0.25, 0.3) is 0 Å². The van der Waals surface area contributed by atoms with Crippen LogP contribution in [0.1, 0.15) is 60.3 Å². The fraction of sp³-hybridized carbons (Fsp3) is 1.00. The molecular formula is C15H32N2. The van der Waals surface area contributed by atoms with Crippen molar-refractivity contribution < 1.29 is 0 Å². The van der Waals surface area contributed by atoms with E-state index in [0.29, 0.717) is 12.1 Å². The van der Waals surface area contributed by atoms with Crippen LogP contribution >= 0.6 is 0 Å². The van der Waals surface area contributed by atoms with E-state index < -0.39 is 0 Å². The molecule has 17 heavy (non-hydrogen) atoms. The largest absolute Gasteiger partial charge is 0.312 e. The first kappa shape index (κ1) is 15.0. The minimum atomic E-state index is 0.658. The summed E-state index contributed by atoms with van der Waals surface area (Å²) in [6.07, 6.45) is 5.21. The van der Waals surface area contributed by atoms with Crippen molar-refractivity contribution in [2.45, 2.75) is 78.4 Å². The number of nitrogens with one attached hydrogen (secondary N) is 1. The third kappa shape index (κ3) is 4.26. The smallest absolute Gasteiger partial charge is 0.0223 e. The van der Waals surface area contributed by atoms with Crippen LogP contribution in [-0.2, 0) is 0 Å². The van der Waals surface area contributed by atoms with Crippen LogP contribution in [0.4, 0.5) is 0 Å². The maximum absolute atomic E-state index is 3.71. The van der Waals surface area contributed by atoms with Gasteiger partial charge in [-0.3, -0.25) is 4.90 Å². The van der Waals surface area contributed by atoms with Gasteiger partial charge in [0.25, 0.3) is 0 Å². The maximum atomic E-state index is 3.71. The third-order valence-corrected chi connectivity index (χ3v) is 4.39. The topological polar surface area (TPSA) is 15.3 Å². The molecule has 1 saturated heterocycles. The molecule has 2 heteroatoms. The van der Waals surface area contributed by atoms with Crippen molar-refractivity contribution in [1.29, 1.82) is 0 Å². The average molecular weight is 240 g/mol. The molecule has 4 atom stereocenters. The van der Waals surface area contributed by atoms with Gasteiger partial charge in [-0.1, -0.05) is 20.8 Å². The fourth-order valence-corrected chi connectivity index (χ4v) is 3.25. The second-order valence-electron chi connectivity index (χ2n) is 5.93. The molecule has 4 unspecified atom stereocenters. The summed E-state index contributed by atoms with van der Waals surface area (Å²) in [5.74, 6) is 0.914. The predicted octanol–water partition coefficient (Wildman–Crippen LogP) is 3.27. The van der Waals surface area contributed by atoms with E-state index in [1.165, 1.54) is 32.2 Å². The van der Waals surface area contributed by atoms with E-state index in [-0.39, 0.29) is 0 Å². The van der Waals surface area contributed by atoms with E-state index in [9.17, 15) is 0 Å². The quantitative estimate of drug-likeness (QED) is 0.766. The molecule has 1 rings (SSSR count). The van der Waals surface area contributed by atoms with Gasteiger partial charge in [-0.05, 0) is 58.5 Å². The summed E-state index contributed by atoms with van der Waals surface area (Å²) in [5.41, 5.74) is 0. The van der Waals surface area contributed by atoms with Crippen LogP contribution in [0.5, 0.6) is 0 Å². The van der Waals surface area contributed by atoms with Crippen LogP contribution in [0.3, 0.4) is 0 Å². The lowest BCUT2D eigenvalue weighted by Crippen LogP contribution is -2.54. The van der Waals surface area contributed by atoms with Crippen LogP contribution in [0, 0.1) is 5.92 Å². The summed E-state index contributed by atoms with van der Waals surface area (Å²) in [5, 5.41) is 3.71. The van der Waals surface area contributed by atoms with E-state index in [1.807, 2.05) is 0 Å². The van der Waals surface area contributed by atoms with E-state index in [1.54, 1.807) is 0 Å². The Balaban J connectivity index is 2.51. The first-order valence-electron chi connectivity index (χ1n) is 7.59. The Hall–Kier alpha value is -0.0800. The zero-order valence-corrected chi connectivity index (χ0v) is 12.5. The normalized spacial score (nSPS) is 30.2. The Morgan fingerprint density at radius 3 is 2.53 bits per heavy atom. The zero-order valence-electron chi connectivity index (χ0n) is 12.5. The number of piperidine rings is 1. The Bertz CT molecular complexity index is 205. The second kappa shape index (κ2) is 7.38. The van der Waals surface area contributed by atoms with E-state index >= 15 is 0 Å². The number of hydrogen-bond donors (Lipinski definition) is 1.